The highest BCUT2D eigenvalue weighted by Gasteiger charge is 2.36. The van der Waals surface area contributed by atoms with Crippen LogP contribution in [0.15, 0.2) is 66.9 Å². The van der Waals surface area contributed by atoms with E-state index >= 15 is 0 Å². The minimum absolute atomic E-state index is 0.0999. The van der Waals surface area contributed by atoms with Gasteiger partial charge in [-0.2, -0.15) is 0 Å². The summed E-state index contributed by atoms with van der Waals surface area (Å²) in [6, 6.07) is 20.0. The first-order valence-corrected chi connectivity index (χ1v) is 13.0. The number of methoxy groups -OCH3 is 1. The van der Waals surface area contributed by atoms with Crippen LogP contribution >= 0.6 is 11.3 Å². The molecule has 0 radical (unpaired) electrons. The summed E-state index contributed by atoms with van der Waals surface area (Å²) in [4.78, 5) is 17.4. The molecule has 2 aliphatic rings. The number of rotatable bonds is 3. The van der Waals surface area contributed by atoms with Crippen molar-refractivity contribution in [3.8, 4) is 10.8 Å². The van der Waals surface area contributed by atoms with Crippen LogP contribution in [0.4, 0.5) is 10.5 Å². The van der Waals surface area contributed by atoms with Gasteiger partial charge in [-0.25, -0.2) is 4.79 Å². The lowest BCUT2D eigenvalue weighted by molar-refractivity contribution is 0.194. The number of aromatic nitrogens is 1. The highest BCUT2D eigenvalue weighted by Crippen LogP contribution is 2.44. The molecule has 3 heterocycles. The van der Waals surface area contributed by atoms with Crippen LogP contribution in [0.5, 0.6) is 5.75 Å². The number of ether oxygens (including phenoxy) is 1. The van der Waals surface area contributed by atoms with Gasteiger partial charge in [-0.05, 0) is 80.1 Å². The van der Waals surface area contributed by atoms with Crippen molar-refractivity contribution in [3.63, 3.8) is 0 Å². The van der Waals surface area contributed by atoms with Gasteiger partial charge < -0.3 is 19.5 Å². The molecule has 35 heavy (non-hydrogen) atoms. The third-order valence-electron chi connectivity index (χ3n) is 7.17. The average Bonchev–Trinajstić information content (AvgIpc) is 3.47. The Morgan fingerprint density at radius 1 is 1.00 bits per heavy atom. The van der Waals surface area contributed by atoms with E-state index in [1.807, 2.05) is 40.5 Å². The van der Waals surface area contributed by atoms with Crippen LogP contribution in [0.1, 0.15) is 51.7 Å². The largest absolute Gasteiger partial charge is 0.497 e. The maximum Gasteiger partial charge on any atom is 0.322 e. The number of carbonyl (C=O) groups is 1. The van der Waals surface area contributed by atoms with Gasteiger partial charge in [0.1, 0.15) is 10.8 Å². The summed E-state index contributed by atoms with van der Waals surface area (Å²) in [5.41, 5.74) is 6.97. The number of benzene rings is 2. The second-order valence-corrected chi connectivity index (χ2v) is 10.5. The number of nitrogens with one attached hydrogen (secondary N) is 1. The molecule has 2 aromatic heterocycles. The minimum Gasteiger partial charge on any atom is -0.497 e. The van der Waals surface area contributed by atoms with E-state index in [4.69, 9.17) is 4.74 Å². The van der Waals surface area contributed by atoms with Crippen LogP contribution in [0.3, 0.4) is 0 Å². The predicted octanol–water partition coefficient (Wildman–Crippen LogP) is 6.87. The molecule has 2 aromatic carbocycles. The molecule has 6 heteroatoms. The van der Waals surface area contributed by atoms with Gasteiger partial charge in [0, 0.05) is 22.3 Å². The SMILES string of the molecule is COc1ccc(NC(=O)N2Cc3c(sc4c3CCCC4)-n3cccc3[C@@H]2c2ccc(C)cc2)cc1. The summed E-state index contributed by atoms with van der Waals surface area (Å²) in [5, 5.41) is 4.43. The molecule has 0 fully saturated rings. The summed E-state index contributed by atoms with van der Waals surface area (Å²) in [6.45, 7) is 2.68. The topological polar surface area (TPSA) is 46.5 Å². The fourth-order valence-electron chi connectivity index (χ4n) is 5.36. The highest BCUT2D eigenvalue weighted by atomic mass is 32.1. The number of fused-ring (bicyclic) bond motifs is 5. The Bertz CT molecular complexity index is 1370. The lowest BCUT2D eigenvalue weighted by Crippen LogP contribution is -2.38. The Labute approximate surface area is 210 Å². The Hall–Kier alpha value is -3.51. The van der Waals surface area contributed by atoms with Crippen LogP contribution in [0.2, 0.25) is 0 Å². The Morgan fingerprint density at radius 2 is 1.77 bits per heavy atom. The number of aryl methyl sites for hydroxylation is 2. The summed E-state index contributed by atoms with van der Waals surface area (Å²) < 4.78 is 7.60. The van der Waals surface area contributed by atoms with Crippen LogP contribution < -0.4 is 10.1 Å². The van der Waals surface area contributed by atoms with Crippen LogP contribution in [-0.4, -0.2) is 22.6 Å². The third-order valence-corrected chi connectivity index (χ3v) is 8.51. The van der Waals surface area contributed by atoms with Gasteiger partial charge in [0.25, 0.3) is 0 Å². The molecule has 6 rings (SSSR count). The molecule has 1 aliphatic heterocycles. The molecular weight excluding hydrogens is 454 g/mol. The Morgan fingerprint density at radius 3 is 2.54 bits per heavy atom. The number of nitrogens with zero attached hydrogens (tertiary/aromatic N) is 2. The first-order valence-electron chi connectivity index (χ1n) is 12.2. The summed E-state index contributed by atoms with van der Waals surface area (Å²) in [5.74, 6) is 0.766. The molecule has 178 valence electrons. The van der Waals surface area contributed by atoms with Gasteiger partial charge >= 0.3 is 6.03 Å². The van der Waals surface area contributed by atoms with E-state index in [1.54, 1.807) is 7.11 Å². The summed E-state index contributed by atoms with van der Waals surface area (Å²) in [6.07, 6.45) is 6.86. The molecule has 2 amide bonds. The lowest BCUT2D eigenvalue weighted by atomic mass is 9.95. The zero-order valence-electron chi connectivity index (χ0n) is 20.1. The molecular formula is C29H29N3O2S. The number of carbonyl (C=O) groups excluding carboxylic acids is 1. The Balaban J connectivity index is 1.46. The van der Waals surface area contributed by atoms with Gasteiger partial charge in [0.2, 0.25) is 0 Å². The number of hydrogen-bond acceptors (Lipinski definition) is 3. The normalized spacial score (nSPS) is 16.6. The van der Waals surface area contributed by atoms with E-state index in [2.05, 4.69) is 59.4 Å². The fourth-order valence-corrected chi connectivity index (χ4v) is 6.76. The van der Waals surface area contributed by atoms with Gasteiger partial charge in [-0.15, -0.1) is 11.3 Å². The summed E-state index contributed by atoms with van der Waals surface area (Å²) in [7, 11) is 1.64. The quantitative estimate of drug-likeness (QED) is 0.346. The minimum atomic E-state index is -0.192. The zero-order chi connectivity index (χ0) is 23.9. The number of thiophene rings is 1. The van der Waals surface area contributed by atoms with E-state index in [1.165, 1.54) is 39.4 Å². The van der Waals surface area contributed by atoms with Crippen molar-refractivity contribution in [1.82, 2.24) is 9.47 Å². The first-order chi connectivity index (χ1) is 17.1. The molecule has 0 spiro atoms. The van der Waals surface area contributed by atoms with Crippen LogP contribution in [0.25, 0.3) is 5.00 Å². The Kier molecular flexibility index (Phi) is 5.61. The molecule has 0 saturated carbocycles. The van der Waals surface area contributed by atoms with Crippen LogP contribution in [0, 0.1) is 6.92 Å². The number of anilines is 1. The van der Waals surface area contributed by atoms with Gasteiger partial charge in [0.05, 0.1) is 25.4 Å². The smallest absolute Gasteiger partial charge is 0.322 e. The monoisotopic (exact) mass is 483 g/mol. The molecule has 5 nitrogen and oxygen atoms in total. The molecule has 0 saturated heterocycles. The summed E-state index contributed by atoms with van der Waals surface area (Å²) >= 11 is 1.91. The predicted molar refractivity (Wildman–Crippen MR) is 141 cm³/mol. The van der Waals surface area contributed by atoms with E-state index in [0.29, 0.717) is 6.54 Å². The molecule has 0 bridgehead atoms. The van der Waals surface area contributed by atoms with Gasteiger partial charge in [0.15, 0.2) is 0 Å². The van der Waals surface area contributed by atoms with E-state index in [0.717, 1.165) is 35.5 Å². The van der Waals surface area contributed by atoms with E-state index in [-0.39, 0.29) is 12.1 Å². The molecule has 1 aliphatic carbocycles. The van der Waals surface area contributed by atoms with Crippen molar-refractivity contribution < 1.29 is 9.53 Å². The molecule has 1 N–H and O–H groups in total. The van der Waals surface area contributed by atoms with Crippen molar-refractivity contribution in [1.29, 1.82) is 0 Å². The maximum absolute atomic E-state index is 13.9. The standard InChI is InChI=1S/C29H29N3O2S/c1-19-9-11-20(12-10-19)27-25-7-5-17-31(25)28-24(23-6-3-4-8-26(23)35-28)18-32(27)29(33)30-21-13-15-22(34-2)16-14-21/h5,7,9-17,27H,3-4,6,8,18H2,1-2H3,(H,30,33)/t27-/m0/s1. The zero-order valence-corrected chi connectivity index (χ0v) is 20.9. The van der Waals surface area contributed by atoms with Gasteiger partial charge in [-0.3, -0.25) is 0 Å². The fraction of sp³-hybridized carbons (Fsp3) is 0.276. The van der Waals surface area contributed by atoms with Crippen molar-refractivity contribution in [3.05, 3.63) is 99.7 Å². The maximum atomic E-state index is 13.9. The second kappa shape index (κ2) is 8.93. The molecule has 4 aromatic rings. The van der Waals surface area contributed by atoms with Gasteiger partial charge in [-0.1, -0.05) is 29.8 Å². The number of amides is 2. The van der Waals surface area contributed by atoms with Crippen LogP contribution in [-0.2, 0) is 19.4 Å². The molecule has 0 unspecified atom stereocenters. The van der Waals surface area contributed by atoms with Crippen molar-refractivity contribution in [2.24, 2.45) is 0 Å². The number of hydrogen-bond donors (Lipinski definition) is 1. The molecule has 1 atom stereocenters. The lowest BCUT2D eigenvalue weighted by Gasteiger charge is -2.31. The highest BCUT2D eigenvalue weighted by molar-refractivity contribution is 7.15. The van der Waals surface area contributed by atoms with Crippen molar-refractivity contribution >= 4 is 23.1 Å². The third kappa shape index (κ3) is 3.92. The average molecular weight is 484 g/mol. The van der Waals surface area contributed by atoms with E-state index in [9.17, 15) is 4.79 Å². The first kappa shape index (κ1) is 22.0. The second-order valence-electron chi connectivity index (χ2n) is 9.40. The van der Waals surface area contributed by atoms with Crippen molar-refractivity contribution in [2.75, 3.05) is 12.4 Å². The van der Waals surface area contributed by atoms with Crippen molar-refractivity contribution in [2.45, 2.75) is 45.2 Å². The number of urea groups is 1. The van der Waals surface area contributed by atoms with E-state index < -0.39 is 0 Å².